The van der Waals surface area contributed by atoms with Crippen molar-refractivity contribution in [1.82, 2.24) is 10.2 Å². The zero-order valence-corrected chi connectivity index (χ0v) is 16.1. The summed E-state index contributed by atoms with van der Waals surface area (Å²) in [7, 11) is 0.517. The molecule has 0 aliphatic carbocycles. The number of hydrogen-bond donors (Lipinski definition) is 1. The summed E-state index contributed by atoms with van der Waals surface area (Å²) in [5.41, 5.74) is 2.43. The molecule has 1 aromatic carbocycles. The van der Waals surface area contributed by atoms with E-state index in [1.165, 1.54) is 10.6 Å². The maximum Gasteiger partial charge on any atom is 0.232 e. The molecule has 0 heterocycles. The Hall–Kier alpha value is -1.60. The predicted octanol–water partition coefficient (Wildman–Crippen LogP) is 1.53. The van der Waals surface area contributed by atoms with Crippen LogP contribution in [0.15, 0.2) is 18.2 Å². The summed E-state index contributed by atoms with van der Waals surface area (Å²) in [6.45, 7) is 5.39. The molecular weight excluding hydrogens is 326 g/mol. The maximum absolute atomic E-state index is 12.2. The van der Waals surface area contributed by atoms with Crippen LogP contribution < -0.4 is 9.62 Å². The van der Waals surface area contributed by atoms with Gasteiger partial charge in [-0.2, -0.15) is 0 Å². The first-order valence-corrected chi connectivity index (χ1v) is 9.93. The van der Waals surface area contributed by atoms with Crippen LogP contribution in [0.4, 0.5) is 5.69 Å². The fourth-order valence-electron chi connectivity index (χ4n) is 2.56. The molecule has 1 rings (SSSR count). The van der Waals surface area contributed by atoms with Crippen LogP contribution in [0.3, 0.4) is 0 Å². The minimum atomic E-state index is -3.45. The number of rotatable bonds is 9. The summed E-state index contributed by atoms with van der Waals surface area (Å²) in [4.78, 5) is 14.0. The molecular formula is C17H29N3O3S. The van der Waals surface area contributed by atoms with Crippen LogP contribution in [0.5, 0.6) is 0 Å². The number of hydrogen-bond acceptors (Lipinski definition) is 4. The Morgan fingerprint density at radius 3 is 2.21 bits per heavy atom. The fourth-order valence-corrected chi connectivity index (χ4v) is 3.60. The largest absolute Gasteiger partial charge is 0.356 e. The minimum Gasteiger partial charge on any atom is -0.356 e. The minimum absolute atomic E-state index is 0.131. The van der Waals surface area contributed by atoms with E-state index in [-0.39, 0.29) is 18.9 Å². The van der Waals surface area contributed by atoms with Crippen LogP contribution in [-0.4, -0.2) is 59.2 Å². The third-order valence-electron chi connectivity index (χ3n) is 3.74. The number of para-hydroxylation sites is 1. The van der Waals surface area contributed by atoms with Gasteiger partial charge in [-0.25, -0.2) is 8.42 Å². The Labute approximate surface area is 145 Å². The maximum atomic E-state index is 12.2. The first-order chi connectivity index (χ1) is 11.1. The molecule has 24 heavy (non-hydrogen) atoms. The van der Waals surface area contributed by atoms with E-state index in [9.17, 15) is 13.2 Å². The summed E-state index contributed by atoms with van der Waals surface area (Å²) < 4.78 is 25.7. The van der Waals surface area contributed by atoms with E-state index in [1.807, 2.05) is 46.1 Å². The highest BCUT2D eigenvalue weighted by molar-refractivity contribution is 7.92. The molecule has 0 bridgehead atoms. The van der Waals surface area contributed by atoms with Crippen molar-refractivity contribution in [3.05, 3.63) is 29.3 Å². The molecule has 0 spiro atoms. The highest BCUT2D eigenvalue weighted by atomic mass is 32.2. The summed E-state index contributed by atoms with van der Waals surface area (Å²) >= 11 is 0. The lowest BCUT2D eigenvalue weighted by molar-refractivity contribution is -0.120. The lowest BCUT2D eigenvalue weighted by Gasteiger charge is -2.25. The molecule has 0 saturated carbocycles. The Kier molecular flexibility index (Phi) is 7.69. The smallest absolute Gasteiger partial charge is 0.232 e. The second-order valence-corrected chi connectivity index (χ2v) is 8.24. The fraction of sp³-hybridized carbons (Fsp3) is 0.588. The molecule has 0 unspecified atom stereocenters. The molecule has 0 radical (unpaired) electrons. The van der Waals surface area contributed by atoms with Gasteiger partial charge in [0.15, 0.2) is 0 Å². The van der Waals surface area contributed by atoms with Gasteiger partial charge in [0.25, 0.3) is 0 Å². The second-order valence-electron chi connectivity index (χ2n) is 6.33. The van der Waals surface area contributed by atoms with Crippen LogP contribution in [0.25, 0.3) is 0 Å². The van der Waals surface area contributed by atoms with Crippen LogP contribution in [0.2, 0.25) is 0 Å². The molecule has 0 atom stereocenters. The van der Waals surface area contributed by atoms with Gasteiger partial charge in [0.1, 0.15) is 0 Å². The third kappa shape index (κ3) is 6.49. The van der Waals surface area contributed by atoms with Crippen molar-refractivity contribution in [3.63, 3.8) is 0 Å². The average molecular weight is 356 g/mol. The molecule has 0 aromatic heterocycles. The number of sulfonamides is 1. The van der Waals surface area contributed by atoms with Gasteiger partial charge in [-0.05, 0) is 52.0 Å². The number of benzene rings is 1. The zero-order valence-electron chi connectivity index (χ0n) is 15.3. The topological polar surface area (TPSA) is 69.7 Å². The highest BCUT2D eigenvalue weighted by Crippen LogP contribution is 2.26. The molecule has 7 heteroatoms. The predicted molar refractivity (Wildman–Crippen MR) is 98.9 cm³/mol. The van der Waals surface area contributed by atoms with E-state index in [0.717, 1.165) is 24.1 Å². The van der Waals surface area contributed by atoms with E-state index in [4.69, 9.17) is 0 Å². The summed E-state index contributed by atoms with van der Waals surface area (Å²) in [5.74, 6) is -0.131. The van der Waals surface area contributed by atoms with Crippen molar-refractivity contribution in [1.29, 1.82) is 0 Å². The number of carbonyl (C=O) groups excluding carboxylic acids is 1. The van der Waals surface area contributed by atoms with Gasteiger partial charge in [0.05, 0.1) is 11.9 Å². The third-order valence-corrected chi connectivity index (χ3v) is 4.90. The Morgan fingerprint density at radius 1 is 1.12 bits per heavy atom. The number of anilines is 1. The van der Waals surface area contributed by atoms with Crippen molar-refractivity contribution in [2.24, 2.45) is 0 Å². The van der Waals surface area contributed by atoms with Gasteiger partial charge in [0.2, 0.25) is 15.9 Å². The average Bonchev–Trinajstić information content (AvgIpc) is 2.45. The van der Waals surface area contributed by atoms with Crippen molar-refractivity contribution in [2.75, 3.05) is 44.3 Å². The monoisotopic (exact) mass is 355 g/mol. The van der Waals surface area contributed by atoms with Crippen LogP contribution >= 0.6 is 0 Å². The molecule has 0 saturated heterocycles. The summed E-state index contributed by atoms with van der Waals surface area (Å²) in [6.07, 6.45) is 2.18. The number of aryl methyl sites for hydroxylation is 2. The van der Waals surface area contributed by atoms with E-state index in [2.05, 4.69) is 10.2 Å². The molecule has 1 N–H and O–H groups in total. The molecule has 0 fully saturated rings. The number of carbonyl (C=O) groups is 1. The molecule has 6 nitrogen and oxygen atoms in total. The van der Waals surface area contributed by atoms with E-state index < -0.39 is 10.0 Å². The molecule has 1 aromatic rings. The van der Waals surface area contributed by atoms with Gasteiger partial charge in [-0.15, -0.1) is 0 Å². The normalized spacial score (nSPS) is 11.6. The Morgan fingerprint density at radius 2 is 1.71 bits per heavy atom. The van der Waals surface area contributed by atoms with Gasteiger partial charge in [0, 0.05) is 19.5 Å². The quantitative estimate of drug-likeness (QED) is 0.682. The van der Waals surface area contributed by atoms with Gasteiger partial charge >= 0.3 is 0 Å². The first-order valence-electron chi connectivity index (χ1n) is 8.08. The van der Waals surface area contributed by atoms with E-state index in [0.29, 0.717) is 12.2 Å². The van der Waals surface area contributed by atoms with Gasteiger partial charge < -0.3 is 10.2 Å². The molecule has 1 amide bonds. The number of nitrogens with one attached hydrogen (secondary N) is 1. The molecule has 0 aliphatic rings. The van der Waals surface area contributed by atoms with E-state index in [1.54, 1.807) is 0 Å². The zero-order chi connectivity index (χ0) is 18.3. The van der Waals surface area contributed by atoms with Crippen molar-refractivity contribution in [3.8, 4) is 0 Å². The lowest BCUT2D eigenvalue weighted by Crippen LogP contribution is -2.36. The van der Waals surface area contributed by atoms with Gasteiger partial charge in [-0.1, -0.05) is 18.2 Å². The van der Waals surface area contributed by atoms with Crippen LogP contribution in [-0.2, 0) is 14.8 Å². The van der Waals surface area contributed by atoms with Gasteiger partial charge in [-0.3, -0.25) is 9.10 Å². The standard InChI is InChI=1S/C17H29N3O3S/c1-14-8-6-9-15(2)17(14)20(24(5,22)23)13-10-16(21)18-11-7-12-19(3)4/h6,8-9H,7,10-13H2,1-5H3,(H,18,21). The van der Waals surface area contributed by atoms with Crippen LogP contribution in [0.1, 0.15) is 24.0 Å². The SMILES string of the molecule is Cc1cccc(C)c1N(CCC(=O)NCCCN(C)C)S(C)(=O)=O. The molecule has 0 aliphatic heterocycles. The highest BCUT2D eigenvalue weighted by Gasteiger charge is 2.21. The van der Waals surface area contributed by atoms with Crippen molar-refractivity contribution < 1.29 is 13.2 Å². The van der Waals surface area contributed by atoms with Crippen molar-refractivity contribution >= 4 is 21.6 Å². The summed E-state index contributed by atoms with van der Waals surface area (Å²) in [6, 6.07) is 5.65. The number of nitrogens with zero attached hydrogens (tertiary/aromatic N) is 2. The second kappa shape index (κ2) is 9.03. The van der Waals surface area contributed by atoms with E-state index >= 15 is 0 Å². The number of amides is 1. The summed E-state index contributed by atoms with van der Waals surface area (Å²) in [5, 5.41) is 2.84. The first kappa shape index (κ1) is 20.4. The van der Waals surface area contributed by atoms with Crippen molar-refractivity contribution in [2.45, 2.75) is 26.7 Å². The molecule has 136 valence electrons. The lowest BCUT2D eigenvalue weighted by atomic mass is 10.1. The Bertz CT molecular complexity index is 637. The Balaban J connectivity index is 2.71. The van der Waals surface area contributed by atoms with Crippen LogP contribution in [0, 0.1) is 13.8 Å².